The fraction of sp³-hybridized carbons (Fsp3) is 0.105. The van der Waals surface area contributed by atoms with Gasteiger partial charge in [0.15, 0.2) is 12.0 Å². The van der Waals surface area contributed by atoms with Gasteiger partial charge in [0, 0.05) is 23.5 Å². The zero-order valence-electron chi connectivity index (χ0n) is 13.6. The van der Waals surface area contributed by atoms with Crippen molar-refractivity contribution >= 4 is 22.8 Å². The van der Waals surface area contributed by atoms with E-state index in [0.29, 0.717) is 16.5 Å². The quantitative estimate of drug-likeness (QED) is 0.687. The summed E-state index contributed by atoms with van der Waals surface area (Å²) in [5, 5.41) is 3.02. The van der Waals surface area contributed by atoms with E-state index in [9.17, 15) is 18.8 Å². The number of aromatic amines is 1. The first kappa shape index (κ1) is 17.3. The number of esters is 1. The number of hydrogen-bond acceptors (Lipinski definition) is 4. The number of carbonyl (C=O) groups excluding carboxylic acids is 2. The topological polar surface area (TPSA) is 88.3 Å². The van der Waals surface area contributed by atoms with Crippen LogP contribution in [-0.2, 0) is 16.1 Å². The van der Waals surface area contributed by atoms with Gasteiger partial charge in [-0.05, 0) is 29.8 Å². The van der Waals surface area contributed by atoms with Crippen LogP contribution in [0.1, 0.15) is 16.1 Å². The number of fused-ring (bicyclic) bond motifs is 1. The molecule has 3 rings (SSSR count). The van der Waals surface area contributed by atoms with Crippen LogP contribution in [0.3, 0.4) is 0 Å². The fourth-order valence-electron chi connectivity index (χ4n) is 2.37. The molecule has 6 nitrogen and oxygen atoms in total. The van der Waals surface area contributed by atoms with Gasteiger partial charge in [0.25, 0.3) is 5.91 Å². The molecular formula is C19H15FN2O4. The van der Waals surface area contributed by atoms with E-state index in [1.54, 1.807) is 36.4 Å². The van der Waals surface area contributed by atoms with Crippen LogP contribution in [0.15, 0.2) is 59.4 Å². The number of hydrogen-bond donors (Lipinski definition) is 2. The summed E-state index contributed by atoms with van der Waals surface area (Å²) in [7, 11) is 0. The largest absolute Gasteiger partial charge is 0.451 e. The first-order valence-corrected chi connectivity index (χ1v) is 7.83. The van der Waals surface area contributed by atoms with Crippen molar-refractivity contribution in [3.05, 3.63) is 81.9 Å². The third-order valence-electron chi connectivity index (χ3n) is 3.69. The van der Waals surface area contributed by atoms with Gasteiger partial charge in [-0.25, -0.2) is 9.18 Å². The summed E-state index contributed by atoms with van der Waals surface area (Å²) in [6.45, 7) is -0.307. The van der Waals surface area contributed by atoms with Gasteiger partial charge in [-0.3, -0.25) is 9.59 Å². The lowest BCUT2D eigenvalue weighted by Crippen LogP contribution is -2.28. The second kappa shape index (κ2) is 7.60. The highest BCUT2D eigenvalue weighted by Gasteiger charge is 2.13. The summed E-state index contributed by atoms with van der Waals surface area (Å²) in [5.41, 5.74) is 0.879. The van der Waals surface area contributed by atoms with Crippen LogP contribution in [0, 0.1) is 5.82 Å². The molecule has 1 aromatic heterocycles. The molecule has 1 heterocycles. The van der Waals surface area contributed by atoms with Gasteiger partial charge in [0.1, 0.15) is 11.5 Å². The molecule has 0 fully saturated rings. The predicted molar refractivity (Wildman–Crippen MR) is 93.1 cm³/mol. The van der Waals surface area contributed by atoms with Crippen LogP contribution in [0.2, 0.25) is 0 Å². The monoisotopic (exact) mass is 354 g/mol. The fourth-order valence-corrected chi connectivity index (χ4v) is 2.37. The maximum atomic E-state index is 12.8. The number of carbonyl (C=O) groups is 2. The number of aromatic nitrogens is 1. The minimum Gasteiger partial charge on any atom is -0.451 e. The zero-order chi connectivity index (χ0) is 18.5. The molecule has 26 heavy (non-hydrogen) atoms. The highest BCUT2D eigenvalue weighted by Crippen LogP contribution is 2.08. The van der Waals surface area contributed by atoms with Crippen molar-refractivity contribution < 1.29 is 18.7 Å². The molecular weight excluding hydrogens is 339 g/mol. The molecule has 0 saturated carbocycles. The van der Waals surface area contributed by atoms with Gasteiger partial charge in [-0.15, -0.1) is 0 Å². The smallest absolute Gasteiger partial charge is 0.355 e. The normalized spacial score (nSPS) is 10.5. The molecule has 132 valence electrons. The molecule has 0 unspecified atom stereocenters. The summed E-state index contributed by atoms with van der Waals surface area (Å²) in [6, 6.07) is 13.6. The molecule has 3 aromatic rings. The van der Waals surface area contributed by atoms with Gasteiger partial charge in [-0.1, -0.05) is 24.3 Å². The molecule has 1 amide bonds. The Morgan fingerprint density at radius 2 is 1.81 bits per heavy atom. The molecule has 0 spiro atoms. The Morgan fingerprint density at radius 1 is 1.08 bits per heavy atom. The summed E-state index contributed by atoms with van der Waals surface area (Å²) in [6.07, 6.45) is 0. The number of pyridine rings is 1. The number of ether oxygens (including phenoxy) is 1. The standard InChI is InChI=1S/C19H15FN2O4/c20-13-7-5-12(6-8-13)10-21-18(24)11-26-19(25)16-9-17(23)14-3-1-2-4-15(14)22-16/h1-9H,10-11H2,(H,21,24)(H,22,23). The van der Waals surface area contributed by atoms with Crippen molar-refractivity contribution in [2.24, 2.45) is 0 Å². The number of rotatable bonds is 5. The van der Waals surface area contributed by atoms with Crippen LogP contribution >= 0.6 is 0 Å². The van der Waals surface area contributed by atoms with Crippen LogP contribution < -0.4 is 10.7 Å². The average Bonchev–Trinajstić information content (AvgIpc) is 2.65. The Bertz CT molecular complexity index is 1010. The molecule has 2 N–H and O–H groups in total. The van der Waals surface area contributed by atoms with Gasteiger partial charge in [0.05, 0.1) is 0 Å². The van der Waals surface area contributed by atoms with Gasteiger partial charge in [-0.2, -0.15) is 0 Å². The number of amides is 1. The SMILES string of the molecule is O=C(COC(=O)c1cc(=O)c2ccccc2[nH]1)NCc1ccc(F)cc1. The van der Waals surface area contributed by atoms with E-state index in [1.165, 1.54) is 12.1 Å². The average molecular weight is 354 g/mol. The van der Waals surface area contributed by atoms with E-state index in [-0.39, 0.29) is 23.5 Å². The van der Waals surface area contributed by atoms with E-state index in [4.69, 9.17) is 4.74 Å². The molecule has 0 saturated heterocycles. The van der Waals surface area contributed by atoms with Crippen LogP contribution in [-0.4, -0.2) is 23.5 Å². The predicted octanol–water partition coefficient (Wildman–Crippen LogP) is 2.14. The number of nitrogens with one attached hydrogen (secondary N) is 2. The Morgan fingerprint density at radius 3 is 2.58 bits per heavy atom. The van der Waals surface area contributed by atoms with Crippen LogP contribution in [0.25, 0.3) is 10.9 Å². The molecule has 7 heteroatoms. The van der Waals surface area contributed by atoms with E-state index >= 15 is 0 Å². The van der Waals surface area contributed by atoms with Crippen LogP contribution in [0.4, 0.5) is 4.39 Å². The van der Waals surface area contributed by atoms with Crippen molar-refractivity contribution in [2.45, 2.75) is 6.54 Å². The number of halogens is 1. The van der Waals surface area contributed by atoms with Gasteiger partial charge < -0.3 is 15.0 Å². The molecule has 2 aromatic carbocycles. The Hall–Kier alpha value is -3.48. The minimum absolute atomic E-state index is 0.0277. The maximum Gasteiger partial charge on any atom is 0.355 e. The van der Waals surface area contributed by atoms with E-state index < -0.39 is 18.5 Å². The molecule has 0 radical (unpaired) electrons. The molecule has 0 aliphatic heterocycles. The van der Waals surface area contributed by atoms with Crippen molar-refractivity contribution in [3.8, 4) is 0 Å². The highest BCUT2D eigenvalue weighted by atomic mass is 19.1. The highest BCUT2D eigenvalue weighted by molar-refractivity contribution is 5.92. The van der Waals surface area contributed by atoms with Crippen molar-refractivity contribution in [1.29, 1.82) is 0 Å². The third-order valence-corrected chi connectivity index (χ3v) is 3.69. The lowest BCUT2D eigenvalue weighted by molar-refractivity contribution is -0.124. The van der Waals surface area contributed by atoms with E-state index in [0.717, 1.165) is 6.07 Å². The molecule has 0 atom stereocenters. The zero-order valence-corrected chi connectivity index (χ0v) is 13.6. The number of benzene rings is 2. The molecule has 0 bridgehead atoms. The summed E-state index contributed by atoms with van der Waals surface area (Å²) < 4.78 is 17.7. The molecule has 0 aliphatic carbocycles. The summed E-state index contributed by atoms with van der Waals surface area (Å²) in [4.78, 5) is 38.6. The van der Waals surface area contributed by atoms with E-state index in [2.05, 4.69) is 10.3 Å². The van der Waals surface area contributed by atoms with Crippen LogP contribution in [0.5, 0.6) is 0 Å². The molecule has 0 aliphatic rings. The Balaban J connectivity index is 1.57. The van der Waals surface area contributed by atoms with E-state index in [1.807, 2.05) is 0 Å². The van der Waals surface area contributed by atoms with Gasteiger partial charge >= 0.3 is 5.97 Å². The maximum absolute atomic E-state index is 12.8. The first-order chi connectivity index (χ1) is 12.5. The van der Waals surface area contributed by atoms with Crippen molar-refractivity contribution in [2.75, 3.05) is 6.61 Å². The number of H-pyrrole nitrogens is 1. The second-order valence-electron chi connectivity index (χ2n) is 5.57. The second-order valence-corrected chi connectivity index (χ2v) is 5.57. The third kappa shape index (κ3) is 4.13. The summed E-state index contributed by atoms with van der Waals surface area (Å²) in [5.74, 6) is -1.67. The summed E-state index contributed by atoms with van der Waals surface area (Å²) >= 11 is 0. The first-order valence-electron chi connectivity index (χ1n) is 7.83. The lowest BCUT2D eigenvalue weighted by Gasteiger charge is -2.07. The van der Waals surface area contributed by atoms with Gasteiger partial charge in [0.2, 0.25) is 0 Å². The minimum atomic E-state index is -0.801. The van der Waals surface area contributed by atoms with Crippen molar-refractivity contribution in [1.82, 2.24) is 10.3 Å². The Labute approximate surface area is 147 Å². The lowest BCUT2D eigenvalue weighted by atomic mass is 10.2. The number of para-hydroxylation sites is 1. The Kier molecular flexibility index (Phi) is 5.07. The van der Waals surface area contributed by atoms with Crippen molar-refractivity contribution in [3.63, 3.8) is 0 Å².